The van der Waals surface area contributed by atoms with Crippen LogP contribution in [0.4, 0.5) is 0 Å². The maximum Gasteiger partial charge on any atom is 0.0950 e. The first-order valence-electron chi connectivity index (χ1n) is 9.72. The molecular formula is C23H27N3O. The van der Waals surface area contributed by atoms with E-state index in [0.717, 1.165) is 38.3 Å². The molecule has 1 N–H and O–H groups in total. The average Bonchev–Trinajstić information content (AvgIpc) is 2.96. The molecule has 0 amide bonds. The van der Waals surface area contributed by atoms with Crippen LogP contribution in [0, 0.1) is 6.92 Å². The van der Waals surface area contributed by atoms with Gasteiger partial charge in [0, 0.05) is 26.2 Å². The van der Waals surface area contributed by atoms with Crippen LogP contribution < -0.4 is 0 Å². The molecule has 140 valence electrons. The Hall–Kier alpha value is -2.43. The molecule has 0 saturated heterocycles. The third kappa shape index (κ3) is 3.97. The van der Waals surface area contributed by atoms with Crippen molar-refractivity contribution in [3.05, 3.63) is 77.1 Å². The number of rotatable bonds is 4. The Balaban J connectivity index is 1.54. The van der Waals surface area contributed by atoms with Gasteiger partial charge in [-0.1, -0.05) is 42.5 Å². The van der Waals surface area contributed by atoms with E-state index in [0.29, 0.717) is 0 Å². The second-order valence-electron chi connectivity index (χ2n) is 7.54. The molecule has 2 heterocycles. The highest BCUT2D eigenvalue weighted by molar-refractivity contribution is 5.67. The van der Waals surface area contributed by atoms with E-state index in [1.165, 1.54) is 27.9 Å². The summed E-state index contributed by atoms with van der Waals surface area (Å²) in [5.74, 6) is 0. The molecule has 0 radical (unpaired) electrons. The molecule has 1 aromatic heterocycles. The Labute approximate surface area is 161 Å². The summed E-state index contributed by atoms with van der Waals surface area (Å²) < 4.78 is 2.06. The number of benzene rings is 2. The number of hydrogen-bond donors (Lipinski definition) is 1. The average molecular weight is 361 g/mol. The number of nitrogens with zero attached hydrogens (tertiary/aromatic N) is 3. The molecule has 2 aromatic carbocycles. The predicted molar refractivity (Wildman–Crippen MR) is 108 cm³/mol. The maximum atomic E-state index is 9.82. The van der Waals surface area contributed by atoms with E-state index < -0.39 is 6.10 Å². The van der Waals surface area contributed by atoms with Gasteiger partial charge in [0.25, 0.3) is 0 Å². The first-order valence-corrected chi connectivity index (χ1v) is 9.72. The van der Waals surface area contributed by atoms with E-state index in [1.54, 1.807) is 6.92 Å². The number of aromatic nitrogens is 2. The largest absolute Gasteiger partial charge is 0.387 e. The van der Waals surface area contributed by atoms with Crippen molar-refractivity contribution in [2.75, 3.05) is 6.54 Å². The van der Waals surface area contributed by atoms with Crippen LogP contribution in [0.25, 0.3) is 11.1 Å². The Bertz CT molecular complexity index is 929. The molecule has 1 aliphatic heterocycles. The summed E-state index contributed by atoms with van der Waals surface area (Å²) in [6.45, 7) is 7.71. The molecule has 4 nitrogen and oxygen atoms in total. The van der Waals surface area contributed by atoms with E-state index in [1.807, 2.05) is 6.07 Å². The molecule has 0 unspecified atom stereocenters. The molecule has 1 atom stereocenters. The second-order valence-corrected chi connectivity index (χ2v) is 7.54. The lowest BCUT2D eigenvalue weighted by Crippen LogP contribution is -2.22. The summed E-state index contributed by atoms with van der Waals surface area (Å²) in [5.41, 5.74) is 7.18. The molecule has 0 aliphatic carbocycles. The van der Waals surface area contributed by atoms with Gasteiger partial charge in [-0.3, -0.25) is 9.58 Å². The first kappa shape index (κ1) is 18.0. The Kier molecular flexibility index (Phi) is 5.10. The fraction of sp³-hybridized carbons (Fsp3) is 0.348. The van der Waals surface area contributed by atoms with Crippen LogP contribution in [0.1, 0.15) is 42.0 Å². The van der Waals surface area contributed by atoms with E-state index in [9.17, 15) is 5.11 Å². The Morgan fingerprint density at radius 1 is 1.07 bits per heavy atom. The molecule has 0 bridgehead atoms. The normalized spacial score (nSPS) is 16.0. The van der Waals surface area contributed by atoms with Gasteiger partial charge in [-0.25, -0.2) is 0 Å². The number of aliphatic hydroxyl groups is 1. The van der Waals surface area contributed by atoms with Crippen LogP contribution in [-0.4, -0.2) is 26.3 Å². The number of aryl methyl sites for hydroxylation is 2. The van der Waals surface area contributed by atoms with Crippen LogP contribution >= 0.6 is 0 Å². The molecule has 1 aliphatic rings. The van der Waals surface area contributed by atoms with Gasteiger partial charge in [-0.2, -0.15) is 5.10 Å². The van der Waals surface area contributed by atoms with Crippen molar-refractivity contribution in [3.8, 4) is 11.1 Å². The first-order chi connectivity index (χ1) is 13.1. The zero-order valence-corrected chi connectivity index (χ0v) is 16.1. The number of fused-ring (bicyclic) bond motifs is 1. The molecule has 0 fully saturated rings. The van der Waals surface area contributed by atoms with Gasteiger partial charge in [0.1, 0.15) is 0 Å². The summed E-state index contributed by atoms with van der Waals surface area (Å²) in [6.07, 6.45) is 0.564. The maximum absolute atomic E-state index is 9.82. The Morgan fingerprint density at radius 3 is 2.74 bits per heavy atom. The van der Waals surface area contributed by atoms with Crippen LogP contribution in [0.5, 0.6) is 0 Å². The lowest BCUT2D eigenvalue weighted by Gasteiger charge is -2.20. The Morgan fingerprint density at radius 2 is 1.93 bits per heavy atom. The van der Waals surface area contributed by atoms with Crippen LogP contribution in [0.3, 0.4) is 0 Å². The number of aliphatic hydroxyl groups excluding tert-OH is 1. The molecule has 4 rings (SSSR count). The third-order valence-corrected chi connectivity index (χ3v) is 5.33. The lowest BCUT2D eigenvalue weighted by atomic mass is 9.99. The van der Waals surface area contributed by atoms with Gasteiger partial charge in [-0.15, -0.1) is 0 Å². The summed E-state index contributed by atoms with van der Waals surface area (Å²) in [7, 11) is 0. The van der Waals surface area contributed by atoms with E-state index >= 15 is 0 Å². The quantitative estimate of drug-likeness (QED) is 0.752. The fourth-order valence-corrected chi connectivity index (χ4v) is 3.88. The summed E-state index contributed by atoms with van der Waals surface area (Å²) in [6, 6.07) is 19.5. The highest BCUT2D eigenvalue weighted by Gasteiger charge is 2.18. The molecule has 0 spiro atoms. The third-order valence-electron chi connectivity index (χ3n) is 5.33. The van der Waals surface area contributed by atoms with Crippen molar-refractivity contribution in [3.63, 3.8) is 0 Å². The fourth-order valence-electron chi connectivity index (χ4n) is 3.88. The van der Waals surface area contributed by atoms with Gasteiger partial charge in [-0.05, 0) is 54.7 Å². The zero-order valence-electron chi connectivity index (χ0n) is 16.1. The van der Waals surface area contributed by atoms with Crippen molar-refractivity contribution in [1.82, 2.24) is 14.7 Å². The molecular weight excluding hydrogens is 334 g/mol. The van der Waals surface area contributed by atoms with Crippen molar-refractivity contribution in [2.45, 2.75) is 46.0 Å². The highest BCUT2D eigenvalue weighted by atomic mass is 16.3. The lowest BCUT2D eigenvalue weighted by molar-refractivity contribution is 0.193. The van der Waals surface area contributed by atoms with Gasteiger partial charge < -0.3 is 5.11 Å². The van der Waals surface area contributed by atoms with Crippen molar-refractivity contribution in [1.29, 1.82) is 0 Å². The van der Waals surface area contributed by atoms with Crippen molar-refractivity contribution >= 4 is 0 Å². The van der Waals surface area contributed by atoms with Gasteiger partial charge in [0.05, 0.1) is 17.5 Å². The van der Waals surface area contributed by atoms with Crippen LogP contribution in [0.2, 0.25) is 0 Å². The minimum absolute atomic E-state index is 0.510. The van der Waals surface area contributed by atoms with Crippen LogP contribution in [-0.2, 0) is 19.6 Å². The standard InChI is InChI=1S/C23H27N3O/c1-17-7-3-4-10-22(17)20-9-5-8-19(13-20)15-25-11-6-12-26-21(16-25)14-23(24-26)18(2)27/h3-5,7-10,13-14,18,27H,6,11-12,15-16H2,1-2H3/t18-/m1/s1. The van der Waals surface area contributed by atoms with E-state index in [4.69, 9.17) is 0 Å². The molecule has 27 heavy (non-hydrogen) atoms. The van der Waals surface area contributed by atoms with E-state index in [2.05, 4.69) is 70.1 Å². The minimum Gasteiger partial charge on any atom is -0.387 e. The zero-order chi connectivity index (χ0) is 18.8. The summed E-state index contributed by atoms with van der Waals surface area (Å²) in [5, 5.41) is 14.4. The number of hydrogen-bond acceptors (Lipinski definition) is 3. The minimum atomic E-state index is -0.510. The molecule has 4 heteroatoms. The molecule has 3 aromatic rings. The molecule has 0 saturated carbocycles. The second kappa shape index (κ2) is 7.67. The van der Waals surface area contributed by atoms with Gasteiger partial charge in [0.2, 0.25) is 0 Å². The SMILES string of the molecule is Cc1ccccc1-c1cccc(CN2CCCn3nc([C@@H](C)O)cc3C2)c1. The van der Waals surface area contributed by atoms with E-state index in [-0.39, 0.29) is 0 Å². The van der Waals surface area contributed by atoms with Crippen LogP contribution in [0.15, 0.2) is 54.6 Å². The predicted octanol–water partition coefficient (Wildman–Crippen LogP) is 4.32. The monoisotopic (exact) mass is 361 g/mol. The highest BCUT2D eigenvalue weighted by Crippen LogP contribution is 2.25. The van der Waals surface area contributed by atoms with Gasteiger partial charge in [0.15, 0.2) is 0 Å². The smallest absolute Gasteiger partial charge is 0.0950 e. The van der Waals surface area contributed by atoms with Crippen molar-refractivity contribution in [2.24, 2.45) is 0 Å². The van der Waals surface area contributed by atoms with Crippen molar-refractivity contribution < 1.29 is 5.11 Å². The van der Waals surface area contributed by atoms with Gasteiger partial charge >= 0.3 is 0 Å². The summed E-state index contributed by atoms with van der Waals surface area (Å²) in [4.78, 5) is 2.48. The topological polar surface area (TPSA) is 41.3 Å². The summed E-state index contributed by atoms with van der Waals surface area (Å²) >= 11 is 0.